The predicted octanol–water partition coefficient (Wildman–Crippen LogP) is 3.64. The summed E-state index contributed by atoms with van der Waals surface area (Å²) in [5, 5.41) is 3.02. The second kappa shape index (κ2) is 3.79. The summed E-state index contributed by atoms with van der Waals surface area (Å²) in [5.74, 6) is 0.852. The van der Waals surface area contributed by atoms with E-state index in [-0.39, 0.29) is 0 Å². The molecule has 2 aromatic rings. The number of nitrogens with two attached hydrogens (primary N) is 1. The van der Waals surface area contributed by atoms with Crippen LogP contribution in [0.1, 0.15) is 6.92 Å². The number of hydrogen-bond acceptors (Lipinski definition) is 3. The van der Waals surface area contributed by atoms with Crippen LogP contribution in [0.2, 0.25) is 0 Å². The van der Waals surface area contributed by atoms with Crippen molar-refractivity contribution in [1.82, 2.24) is 0 Å². The Bertz CT molecular complexity index is 466. The van der Waals surface area contributed by atoms with E-state index in [9.17, 15) is 0 Å². The van der Waals surface area contributed by atoms with Crippen molar-refractivity contribution in [3.63, 3.8) is 0 Å². The Morgan fingerprint density at radius 2 is 2.29 bits per heavy atom. The first-order chi connectivity index (χ1) is 6.72. The maximum absolute atomic E-state index is 5.83. The van der Waals surface area contributed by atoms with Crippen LogP contribution in [0.25, 0.3) is 10.1 Å². The quantitative estimate of drug-likeness (QED) is 0.905. The number of nitrogen functional groups attached to an aromatic ring is 1. The SMILES string of the molecule is CCOc1cc2c(N)csc2cc1Br. The van der Waals surface area contributed by atoms with Gasteiger partial charge in [0.1, 0.15) is 5.75 Å². The third-order valence-electron chi connectivity index (χ3n) is 1.96. The summed E-state index contributed by atoms with van der Waals surface area (Å²) in [6, 6.07) is 4.02. The molecule has 0 aliphatic carbocycles. The summed E-state index contributed by atoms with van der Waals surface area (Å²) in [6.07, 6.45) is 0. The third kappa shape index (κ3) is 1.60. The molecule has 74 valence electrons. The zero-order valence-electron chi connectivity index (χ0n) is 7.71. The molecule has 1 heterocycles. The Morgan fingerprint density at radius 1 is 1.50 bits per heavy atom. The van der Waals surface area contributed by atoms with Crippen molar-refractivity contribution in [2.75, 3.05) is 12.3 Å². The Labute approximate surface area is 94.8 Å². The lowest BCUT2D eigenvalue weighted by Crippen LogP contribution is -1.92. The topological polar surface area (TPSA) is 35.2 Å². The standard InChI is InChI=1S/C10H10BrNOS/c1-2-13-9-3-6-8(12)5-14-10(6)4-7(9)11/h3-5H,2,12H2,1H3. The lowest BCUT2D eigenvalue weighted by atomic mass is 10.2. The smallest absolute Gasteiger partial charge is 0.134 e. The molecule has 0 amide bonds. The van der Waals surface area contributed by atoms with E-state index in [1.807, 2.05) is 24.4 Å². The Balaban J connectivity index is 2.61. The maximum Gasteiger partial charge on any atom is 0.134 e. The monoisotopic (exact) mass is 271 g/mol. The highest BCUT2D eigenvalue weighted by Crippen LogP contribution is 2.36. The fourth-order valence-corrected chi connectivity index (χ4v) is 2.79. The van der Waals surface area contributed by atoms with Crippen LogP contribution in [0.4, 0.5) is 5.69 Å². The third-order valence-corrected chi connectivity index (χ3v) is 3.54. The molecule has 0 fully saturated rings. The maximum atomic E-state index is 5.83. The molecule has 0 atom stereocenters. The highest BCUT2D eigenvalue weighted by Gasteiger charge is 2.06. The van der Waals surface area contributed by atoms with Crippen molar-refractivity contribution < 1.29 is 4.74 Å². The van der Waals surface area contributed by atoms with Gasteiger partial charge in [-0.2, -0.15) is 0 Å². The van der Waals surface area contributed by atoms with E-state index < -0.39 is 0 Å². The zero-order valence-corrected chi connectivity index (χ0v) is 10.1. The fraction of sp³-hybridized carbons (Fsp3) is 0.200. The van der Waals surface area contributed by atoms with Crippen LogP contribution < -0.4 is 10.5 Å². The predicted molar refractivity (Wildman–Crippen MR) is 65.1 cm³/mol. The second-order valence-corrected chi connectivity index (χ2v) is 4.67. The number of ether oxygens (including phenoxy) is 1. The van der Waals surface area contributed by atoms with E-state index >= 15 is 0 Å². The molecule has 2 N–H and O–H groups in total. The summed E-state index contributed by atoms with van der Waals surface area (Å²) in [6.45, 7) is 2.63. The Morgan fingerprint density at radius 3 is 3.00 bits per heavy atom. The lowest BCUT2D eigenvalue weighted by Gasteiger charge is -2.05. The van der Waals surface area contributed by atoms with E-state index in [1.165, 1.54) is 4.70 Å². The number of thiophene rings is 1. The minimum atomic E-state index is 0.661. The van der Waals surface area contributed by atoms with Gasteiger partial charge in [-0.1, -0.05) is 0 Å². The van der Waals surface area contributed by atoms with Gasteiger partial charge in [-0.25, -0.2) is 0 Å². The van der Waals surface area contributed by atoms with Gasteiger partial charge in [0.25, 0.3) is 0 Å². The highest BCUT2D eigenvalue weighted by molar-refractivity contribution is 9.10. The van der Waals surface area contributed by atoms with E-state index in [0.717, 1.165) is 21.3 Å². The van der Waals surface area contributed by atoms with Gasteiger partial charge in [0.15, 0.2) is 0 Å². The molecular formula is C10H10BrNOS. The van der Waals surface area contributed by atoms with Crippen molar-refractivity contribution in [2.45, 2.75) is 6.92 Å². The van der Waals surface area contributed by atoms with Gasteiger partial charge in [0.2, 0.25) is 0 Å². The van der Waals surface area contributed by atoms with Crippen molar-refractivity contribution in [3.05, 3.63) is 22.0 Å². The van der Waals surface area contributed by atoms with Gasteiger partial charge in [-0.15, -0.1) is 11.3 Å². The van der Waals surface area contributed by atoms with Crippen LogP contribution in [0, 0.1) is 0 Å². The van der Waals surface area contributed by atoms with Crippen molar-refractivity contribution in [1.29, 1.82) is 0 Å². The van der Waals surface area contributed by atoms with Crippen molar-refractivity contribution in [3.8, 4) is 5.75 Å². The summed E-state index contributed by atoms with van der Waals surface area (Å²) in [5.41, 5.74) is 6.65. The number of benzene rings is 1. The van der Waals surface area contributed by atoms with E-state index in [2.05, 4.69) is 15.9 Å². The molecule has 0 aliphatic heterocycles. The molecule has 0 spiro atoms. The minimum Gasteiger partial charge on any atom is -0.493 e. The molecule has 4 heteroatoms. The number of hydrogen-bond donors (Lipinski definition) is 1. The number of rotatable bonds is 2. The molecule has 0 unspecified atom stereocenters. The summed E-state index contributed by atoms with van der Waals surface area (Å²) in [4.78, 5) is 0. The van der Waals surface area contributed by atoms with Crippen LogP contribution in [0.15, 0.2) is 22.0 Å². The van der Waals surface area contributed by atoms with Gasteiger partial charge in [0.05, 0.1) is 16.8 Å². The van der Waals surface area contributed by atoms with E-state index in [0.29, 0.717) is 6.61 Å². The summed E-state index contributed by atoms with van der Waals surface area (Å²) < 4.78 is 7.63. The molecule has 0 radical (unpaired) electrons. The molecule has 14 heavy (non-hydrogen) atoms. The molecule has 2 rings (SSSR count). The zero-order chi connectivity index (χ0) is 10.1. The first-order valence-electron chi connectivity index (χ1n) is 4.31. The lowest BCUT2D eigenvalue weighted by molar-refractivity contribution is 0.338. The van der Waals surface area contributed by atoms with Gasteiger partial charge >= 0.3 is 0 Å². The van der Waals surface area contributed by atoms with Crippen LogP contribution in [0.5, 0.6) is 5.75 Å². The van der Waals surface area contributed by atoms with Gasteiger partial charge in [-0.3, -0.25) is 0 Å². The van der Waals surface area contributed by atoms with Crippen LogP contribution in [-0.4, -0.2) is 6.61 Å². The normalized spacial score (nSPS) is 10.7. The van der Waals surface area contributed by atoms with Gasteiger partial charge < -0.3 is 10.5 Å². The van der Waals surface area contributed by atoms with Gasteiger partial charge in [0, 0.05) is 15.5 Å². The average molecular weight is 272 g/mol. The van der Waals surface area contributed by atoms with Gasteiger partial charge in [-0.05, 0) is 35.0 Å². The highest BCUT2D eigenvalue weighted by atomic mass is 79.9. The molecule has 1 aromatic heterocycles. The second-order valence-electron chi connectivity index (χ2n) is 2.90. The average Bonchev–Trinajstić information content (AvgIpc) is 2.49. The van der Waals surface area contributed by atoms with Crippen molar-refractivity contribution in [2.24, 2.45) is 0 Å². The van der Waals surface area contributed by atoms with Crippen LogP contribution in [0.3, 0.4) is 0 Å². The molecule has 0 saturated carbocycles. The number of fused-ring (bicyclic) bond motifs is 1. The molecule has 1 aromatic carbocycles. The first kappa shape index (κ1) is 9.80. The molecular weight excluding hydrogens is 262 g/mol. The van der Waals surface area contributed by atoms with Crippen LogP contribution in [-0.2, 0) is 0 Å². The summed E-state index contributed by atoms with van der Waals surface area (Å²) in [7, 11) is 0. The van der Waals surface area contributed by atoms with E-state index in [1.54, 1.807) is 11.3 Å². The molecule has 2 nitrogen and oxygen atoms in total. The first-order valence-corrected chi connectivity index (χ1v) is 5.98. The number of anilines is 1. The van der Waals surface area contributed by atoms with Crippen LogP contribution >= 0.6 is 27.3 Å². The van der Waals surface area contributed by atoms with E-state index in [4.69, 9.17) is 10.5 Å². The Kier molecular flexibility index (Phi) is 2.65. The fourth-order valence-electron chi connectivity index (χ4n) is 1.31. The number of halogens is 1. The van der Waals surface area contributed by atoms with Crippen molar-refractivity contribution >= 4 is 43.0 Å². The minimum absolute atomic E-state index is 0.661. The molecule has 0 bridgehead atoms. The summed E-state index contributed by atoms with van der Waals surface area (Å²) >= 11 is 5.11. The molecule has 0 aliphatic rings. The Hall–Kier alpha value is -0.740. The largest absolute Gasteiger partial charge is 0.493 e. The molecule has 0 saturated heterocycles.